The maximum atomic E-state index is 12.8. The van der Waals surface area contributed by atoms with Crippen molar-refractivity contribution >= 4 is 27.7 Å². The average Bonchev–Trinajstić information content (AvgIpc) is 3.35. The Morgan fingerprint density at radius 2 is 2.08 bits per heavy atom. The summed E-state index contributed by atoms with van der Waals surface area (Å²) < 4.78 is 6.81. The fourth-order valence-electron chi connectivity index (χ4n) is 3.98. The van der Waals surface area contributed by atoms with Crippen LogP contribution in [0, 0.1) is 5.92 Å². The maximum absolute atomic E-state index is 12.8. The molecule has 1 saturated carbocycles. The maximum Gasteiger partial charge on any atom is 0.250 e. The number of likely N-dealkylation sites (tertiary alicyclic amines) is 1. The van der Waals surface area contributed by atoms with Crippen molar-refractivity contribution in [2.45, 2.75) is 30.9 Å². The lowest BCUT2D eigenvalue weighted by atomic mass is 9.98. The molecule has 0 aromatic heterocycles. The predicted molar refractivity (Wildman–Crippen MR) is 92.3 cm³/mol. The van der Waals surface area contributed by atoms with Gasteiger partial charge in [-0.25, -0.2) is 0 Å². The number of likely N-dealkylation sites (N-methyl/N-ethyl adjacent to an activating group) is 1. The summed E-state index contributed by atoms with van der Waals surface area (Å²) in [5.74, 6) is 0.739. The number of halogens is 1. The minimum Gasteiger partial charge on any atom is -0.346 e. The van der Waals surface area contributed by atoms with Crippen molar-refractivity contribution in [1.82, 2.24) is 9.80 Å². The number of amides is 2. The van der Waals surface area contributed by atoms with Crippen LogP contribution in [0.3, 0.4) is 0 Å². The largest absolute Gasteiger partial charge is 0.346 e. The zero-order chi connectivity index (χ0) is 16.9. The predicted octanol–water partition coefficient (Wildman–Crippen LogP) is 2.36. The normalized spacial score (nSPS) is 28.5. The topological polar surface area (TPSA) is 49.9 Å². The molecule has 0 bridgehead atoms. The van der Waals surface area contributed by atoms with E-state index in [4.69, 9.17) is 4.74 Å². The summed E-state index contributed by atoms with van der Waals surface area (Å²) in [5, 5.41) is 0. The van der Waals surface area contributed by atoms with Crippen LogP contribution in [0.2, 0.25) is 0 Å². The molecule has 0 N–H and O–H groups in total. The second-order valence-corrected chi connectivity index (χ2v) is 7.93. The van der Waals surface area contributed by atoms with E-state index in [0.717, 1.165) is 10.9 Å². The van der Waals surface area contributed by atoms with Crippen LogP contribution < -0.4 is 0 Å². The van der Waals surface area contributed by atoms with E-state index >= 15 is 0 Å². The lowest BCUT2D eigenvalue weighted by Gasteiger charge is -2.42. The number of benzene rings is 1. The Hall–Kier alpha value is -1.40. The summed E-state index contributed by atoms with van der Waals surface area (Å²) in [4.78, 5) is 28.2. The highest BCUT2D eigenvalue weighted by Crippen LogP contribution is 2.49. The highest BCUT2D eigenvalue weighted by molar-refractivity contribution is 9.10. The van der Waals surface area contributed by atoms with Gasteiger partial charge in [-0.05, 0) is 30.0 Å². The van der Waals surface area contributed by atoms with Crippen molar-refractivity contribution in [1.29, 1.82) is 0 Å². The van der Waals surface area contributed by atoms with Gasteiger partial charge in [0.15, 0.2) is 0 Å². The molecular formula is C18H21BrN2O3. The van der Waals surface area contributed by atoms with E-state index in [1.807, 2.05) is 17.0 Å². The Labute approximate surface area is 150 Å². The molecule has 3 aliphatic rings. The van der Waals surface area contributed by atoms with Gasteiger partial charge in [-0.2, -0.15) is 0 Å². The number of carbonyl (C=O) groups is 2. The molecule has 2 heterocycles. The smallest absolute Gasteiger partial charge is 0.250 e. The third kappa shape index (κ3) is 2.65. The van der Waals surface area contributed by atoms with Crippen molar-refractivity contribution in [3.63, 3.8) is 0 Å². The highest BCUT2D eigenvalue weighted by Gasteiger charge is 2.50. The second-order valence-electron chi connectivity index (χ2n) is 7.02. The molecule has 0 unspecified atom stereocenters. The number of hydrogen-bond donors (Lipinski definition) is 0. The Bertz CT molecular complexity index is 685. The number of rotatable bonds is 2. The molecule has 1 aliphatic carbocycles. The van der Waals surface area contributed by atoms with Gasteiger partial charge in [-0.1, -0.05) is 28.1 Å². The van der Waals surface area contributed by atoms with Crippen LogP contribution in [0.5, 0.6) is 0 Å². The van der Waals surface area contributed by atoms with E-state index in [1.54, 1.807) is 11.9 Å². The molecule has 2 amide bonds. The van der Waals surface area contributed by atoms with E-state index in [-0.39, 0.29) is 24.3 Å². The van der Waals surface area contributed by atoms with Gasteiger partial charge < -0.3 is 14.5 Å². The standard InChI is InChI=1S/C18H21BrN2O3/c1-20-16(22)11-24-18(20)5-7-21(8-6-18)17(23)15-10-14(15)12-3-2-4-13(19)9-12/h2-4,9,14-15H,5-8,10-11H2,1H3/t14-,15+/m0/s1. The monoisotopic (exact) mass is 392 g/mol. The molecule has 1 aromatic rings. The minimum atomic E-state index is -0.485. The molecular weight excluding hydrogens is 372 g/mol. The van der Waals surface area contributed by atoms with E-state index < -0.39 is 5.72 Å². The summed E-state index contributed by atoms with van der Waals surface area (Å²) in [7, 11) is 1.80. The van der Waals surface area contributed by atoms with Crippen molar-refractivity contribution in [2.75, 3.05) is 26.7 Å². The molecule has 5 nitrogen and oxygen atoms in total. The zero-order valence-electron chi connectivity index (χ0n) is 13.7. The van der Waals surface area contributed by atoms with Crippen LogP contribution in [0.1, 0.15) is 30.7 Å². The van der Waals surface area contributed by atoms with Crippen LogP contribution in [-0.4, -0.2) is 54.1 Å². The molecule has 2 atom stereocenters. The average molecular weight is 393 g/mol. The van der Waals surface area contributed by atoms with Crippen LogP contribution in [0.4, 0.5) is 0 Å². The summed E-state index contributed by atoms with van der Waals surface area (Å²) in [6.45, 7) is 1.49. The van der Waals surface area contributed by atoms with Crippen molar-refractivity contribution < 1.29 is 14.3 Å². The molecule has 1 spiro atoms. The molecule has 2 saturated heterocycles. The molecule has 0 radical (unpaired) electrons. The highest BCUT2D eigenvalue weighted by atomic mass is 79.9. The van der Waals surface area contributed by atoms with Crippen LogP contribution in [0.25, 0.3) is 0 Å². The SMILES string of the molecule is CN1C(=O)COC12CCN(C(=O)[C@@H]1C[C@H]1c1cccc(Br)c1)CC2. The van der Waals surface area contributed by atoms with Gasteiger partial charge in [0.1, 0.15) is 12.3 Å². The lowest BCUT2D eigenvalue weighted by Crippen LogP contribution is -2.53. The molecule has 1 aromatic carbocycles. The summed E-state index contributed by atoms with van der Waals surface area (Å²) in [6.07, 6.45) is 2.34. The molecule has 3 fully saturated rings. The first-order chi connectivity index (χ1) is 11.5. The fraction of sp³-hybridized carbons (Fsp3) is 0.556. The lowest BCUT2D eigenvalue weighted by molar-refractivity contribution is -0.147. The Kier molecular flexibility index (Phi) is 3.92. The summed E-state index contributed by atoms with van der Waals surface area (Å²) in [6, 6.07) is 8.23. The van der Waals surface area contributed by atoms with Gasteiger partial charge in [0.25, 0.3) is 5.91 Å². The third-order valence-corrected chi connectivity index (χ3v) is 6.18. The van der Waals surface area contributed by atoms with Gasteiger partial charge in [0.05, 0.1) is 0 Å². The molecule has 128 valence electrons. The van der Waals surface area contributed by atoms with Crippen LogP contribution in [-0.2, 0) is 14.3 Å². The van der Waals surface area contributed by atoms with Crippen molar-refractivity contribution in [3.05, 3.63) is 34.3 Å². The van der Waals surface area contributed by atoms with Gasteiger partial charge in [0, 0.05) is 43.4 Å². The van der Waals surface area contributed by atoms with Crippen LogP contribution in [0.15, 0.2) is 28.7 Å². The number of ether oxygens (including phenoxy) is 1. The van der Waals surface area contributed by atoms with E-state index in [1.165, 1.54) is 5.56 Å². The quantitative estimate of drug-likeness (QED) is 0.775. The first-order valence-corrected chi connectivity index (χ1v) is 9.24. The first kappa shape index (κ1) is 16.1. The van der Waals surface area contributed by atoms with Crippen molar-refractivity contribution in [3.8, 4) is 0 Å². The van der Waals surface area contributed by atoms with Gasteiger partial charge in [-0.15, -0.1) is 0 Å². The van der Waals surface area contributed by atoms with Gasteiger partial charge >= 0.3 is 0 Å². The number of nitrogens with zero attached hydrogens (tertiary/aromatic N) is 2. The second kappa shape index (κ2) is 5.85. The van der Waals surface area contributed by atoms with E-state index in [9.17, 15) is 9.59 Å². The van der Waals surface area contributed by atoms with Crippen molar-refractivity contribution in [2.24, 2.45) is 5.92 Å². The fourth-order valence-corrected chi connectivity index (χ4v) is 4.40. The van der Waals surface area contributed by atoms with E-state index in [2.05, 4.69) is 28.1 Å². The zero-order valence-corrected chi connectivity index (χ0v) is 15.3. The summed E-state index contributed by atoms with van der Waals surface area (Å²) >= 11 is 3.50. The molecule has 24 heavy (non-hydrogen) atoms. The summed E-state index contributed by atoms with van der Waals surface area (Å²) in [5.41, 5.74) is 0.752. The van der Waals surface area contributed by atoms with Crippen LogP contribution >= 0.6 is 15.9 Å². The third-order valence-electron chi connectivity index (χ3n) is 5.69. The molecule has 4 rings (SSSR count). The molecule has 2 aliphatic heterocycles. The Morgan fingerprint density at radius 3 is 2.71 bits per heavy atom. The number of carbonyl (C=O) groups excluding carboxylic acids is 2. The minimum absolute atomic E-state index is 0.0340. The molecule has 6 heteroatoms. The van der Waals surface area contributed by atoms with E-state index in [0.29, 0.717) is 31.8 Å². The van der Waals surface area contributed by atoms with Gasteiger partial charge in [-0.3, -0.25) is 9.59 Å². The van der Waals surface area contributed by atoms with Gasteiger partial charge in [0.2, 0.25) is 5.91 Å². The Morgan fingerprint density at radius 1 is 1.33 bits per heavy atom. The Balaban J connectivity index is 1.37. The first-order valence-electron chi connectivity index (χ1n) is 8.45. The number of piperidine rings is 1. The number of hydrogen-bond acceptors (Lipinski definition) is 3.